The van der Waals surface area contributed by atoms with Crippen molar-refractivity contribution in [1.82, 2.24) is 25.4 Å². The van der Waals surface area contributed by atoms with E-state index in [-0.39, 0.29) is 5.91 Å². The van der Waals surface area contributed by atoms with E-state index in [1.165, 1.54) is 0 Å². The second-order valence-electron chi connectivity index (χ2n) is 3.93. The van der Waals surface area contributed by atoms with Crippen LogP contribution in [-0.4, -0.2) is 20.5 Å². The fourth-order valence-corrected chi connectivity index (χ4v) is 1.85. The molecular formula is C11H11N5O. The van der Waals surface area contributed by atoms with Gasteiger partial charge in [0.1, 0.15) is 0 Å². The summed E-state index contributed by atoms with van der Waals surface area (Å²) < 4.78 is 1.70. The molecular weight excluding hydrogens is 218 g/mol. The van der Waals surface area contributed by atoms with Gasteiger partial charge >= 0.3 is 0 Å². The Morgan fingerprint density at radius 3 is 3.00 bits per heavy atom. The zero-order chi connectivity index (χ0) is 12.0. The van der Waals surface area contributed by atoms with Gasteiger partial charge in [0.25, 0.3) is 5.91 Å². The zero-order valence-corrected chi connectivity index (χ0v) is 9.48. The van der Waals surface area contributed by atoms with Gasteiger partial charge in [-0.05, 0) is 19.9 Å². The predicted molar refractivity (Wildman–Crippen MR) is 62.1 cm³/mol. The Morgan fingerprint density at radius 2 is 2.18 bits per heavy atom. The van der Waals surface area contributed by atoms with E-state index in [1.807, 2.05) is 13.8 Å². The van der Waals surface area contributed by atoms with Crippen molar-refractivity contribution in [2.24, 2.45) is 0 Å². The van der Waals surface area contributed by atoms with E-state index in [0.717, 1.165) is 22.6 Å². The summed E-state index contributed by atoms with van der Waals surface area (Å²) in [5.74, 6) is -0.217. The van der Waals surface area contributed by atoms with Crippen LogP contribution < -0.4 is 10.9 Å². The third-order valence-corrected chi connectivity index (χ3v) is 2.90. The minimum absolute atomic E-state index is 0.217. The highest BCUT2D eigenvalue weighted by atomic mass is 16.2. The zero-order valence-electron chi connectivity index (χ0n) is 9.48. The van der Waals surface area contributed by atoms with Crippen LogP contribution in [0.25, 0.3) is 11.7 Å². The number of amides is 1. The molecule has 6 nitrogen and oxygen atoms in total. The van der Waals surface area contributed by atoms with E-state index >= 15 is 0 Å². The number of hydrogen-bond donors (Lipinski definition) is 2. The van der Waals surface area contributed by atoms with E-state index in [0.29, 0.717) is 5.56 Å². The minimum atomic E-state index is -0.217. The smallest absolute Gasteiger partial charge is 0.273 e. The summed E-state index contributed by atoms with van der Waals surface area (Å²) in [6, 6.07) is 0. The van der Waals surface area contributed by atoms with Crippen LogP contribution in [0.15, 0.2) is 12.4 Å². The number of hydrogen-bond acceptors (Lipinski definition) is 4. The van der Waals surface area contributed by atoms with Crippen molar-refractivity contribution in [1.29, 1.82) is 0 Å². The van der Waals surface area contributed by atoms with E-state index in [2.05, 4.69) is 20.9 Å². The van der Waals surface area contributed by atoms with E-state index in [4.69, 9.17) is 0 Å². The number of nitrogens with zero attached hydrogens (tertiary/aromatic N) is 3. The molecule has 1 aliphatic heterocycles. The van der Waals surface area contributed by atoms with Crippen molar-refractivity contribution in [2.75, 3.05) is 0 Å². The van der Waals surface area contributed by atoms with Crippen molar-refractivity contribution in [3.05, 3.63) is 34.9 Å². The maximum atomic E-state index is 11.7. The molecule has 0 saturated carbocycles. The largest absolute Gasteiger partial charge is 0.306 e. The summed E-state index contributed by atoms with van der Waals surface area (Å²) in [6.45, 7) is 3.89. The standard InChI is InChI=1S/C11H11N5O/c1-6-7(2)15-16-9-3-4-13-14-11(17)8(9)5-12-10(6)16/h3-5,13H,1-2H3,(H,14,17). The van der Waals surface area contributed by atoms with Crippen LogP contribution in [0.5, 0.6) is 0 Å². The van der Waals surface area contributed by atoms with Crippen LogP contribution >= 0.6 is 0 Å². The monoisotopic (exact) mass is 229 g/mol. The van der Waals surface area contributed by atoms with Crippen molar-refractivity contribution in [3.63, 3.8) is 0 Å². The second kappa shape index (κ2) is 3.31. The van der Waals surface area contributed by atoms with Gasteiger partial charge in [0.2, 0.25) is 0 Å². The van der Waals surface area contributed by atoms with Crippen LogP contribution in [0.2, 0.25) is 0 Å². The molecule has 86 valence electrons. The van der Waals surface area contributed by atoms with Gasteiger partial charge in [-0.1, -0.05) is 0 Å². The van der Waals surface area contributed by atoms with Crippen molar-refractivity contribution >= 4 is 17.6 Å². The molecule has 0 bridgehead atoms. The maximum absolute atomic E-state index is 11.7. The Morgan fingerprint density at radius 1 is 1.35 bits per heavy atom. The average Bonchev–Trinajstić information content (AvgIpc) is 2.50. The van der Waals surface area contributed by atoms with E-state index in [1.54, 1.807) is 23.0 Å². The molecule has 3 rings (SSSR count). The van der Waals surface area contributed by atoms with Crippen LogP contribution in [0.1, 0.15) is 27.3 Å². The van der Waals surface area contributed by atoms with Crippen LogP contribution in [0.4, 0.5) is 0 Å². The molecule has 17 heavy (non-hydrogen) atoms. The van der Waals surface area contributed by atoms with Crippen molar-refractivity contribution < 1.29 is 4.79 Å². The molecule has 1 amide bonds. The lowest BCUT2D eigenvalue weighted by atomic mass is 10.2. The summed E-state index contributed by atoms with van der Waals surface area (Å²) in [5, 5.41) is 4.40. The lowest BCUT2D eigenvalue weighted by Gasteiger charge is -2.04. The third-order valence-electron chi connectivity index (χ3n) is 2.90. The number of aryl methyl sites for hydroxylation is 2. The van der Waals surface area contributed by atoms with Gasteiger partial charge < -0.3 is 5.43 Å². The normalized spacial score (nSPS) is 14.1. The highest BCUT2D eigenvalue weighted by molar-refractivity contribution is 5.97. The van der Waals surface area contributed by atoms with Gasteiger partial charge in [-0.25, -0.2) is 9.50 Å². The Balaban J connectivity index is 2.41. The topological polar surface area (TPSA) is 71.3 Å². The van der Waals surface area contributed by atoms with Crippen LogP contribution in [0, 0.1) is 13.8 Å². The molecule has 0 radical (unpaired) electrons. The molecule has 1 aliphatic rings. The Labute approximate surface area is 97.3 Å². The van der Waals surface area contributed by atoms with E-state index < -0.39 is 0 Å². The predicted octanol–water partition coefficient (Wildman–Crippen LogP) is 0.565. The number of carbonyl (C=O) groups is 1. The first-order valence-electron chi connectivity index (χ1n) is 5.26. The maximum Gasteiger partial charge on any atom is 0.273 e. The first kappa shape index (κ1) is 9.83. The summed E-state index contributed by atoms with van der Waals surface area (Å²) in [4.78, 5) is 16.0. The number of nitrogens with one attached hydrogen (secondary N) is 2. The fraction of sp³-hybridized carbons (Fsp3) is 0.182. The molecule has 0 spiro atoms. The molecule has 6 heteroatoms. The van der Waals surface area contributed by atoms with Gasteiger partial charge in [0.15, 0.2) is 5.65 Å². The number of aromatic nitrogens is 3. The number of rotatable bonds is 0. The van der Waals surface area contributed by atoms with E-state index in [9.17, 15) is 4.79 Å². The summed E-state index contributed by atoms with van der Waals surface area (Å²) in [7, 11) is 0. The first-order valence-corrected chi connectivity index (χ1v) is 5.26. The Bertz CT molecular complexity index is 655. The van der Waals surface area contributed by atoms with Crippen molar-refractivity contribution in [2.45, 2.75) is 13.8 Å². The van der Waals surface area contributed by atoms with Gasteiger partial charge in [0.05, 0.1) is 17.0 Å². The number of carbonyl (C=O) groups excluding carboxylic acids is 1. The molecule has 0 atom stereocenters. The average molecular weight is 229 g/mol. The highest BCUT2D eigenvalue weighted by Gasteiger charge is 2.18. The lowest BCUT2D eigenvalue weighted by Crippen LogP contribution is -2.32. The van der Waals surface area contributed by atoms with Crippen LogP contribution in [0.3, 0.4) is 0 Å². The van der Waals surface area contributed by atoms with Gasteiger partial charge in [-0.2, -0.15) is 5.10 Å². The minimum Gasteiger partial charge on any atom is -0.306 e. The third kappa shape index (κ3) is 1.30. The Hall–Kier alpha value is -2.37. The SMILES string of the molecule is Cc1nn2c3c(cnc2c1C)C(=O)NNC=C3. The van der Waals surface area contributed by atoms with Gasteiger partial charge in [-0.3, -0.25) is 10.2 Å². The molecule has 0 saturated heterocycles. The number of fused-ring (bicyclic) bond motifs is 3. The van der Waals surface area contributed by atoms with Gasteiger partial charge in [-0.15, -0.1) is 0 Å². The molecule has 0 unspecified atom stereocenters. The molecule has 3 heterocycles. The second-order valence-corrected chi connectivity index (χ2v) is 3.93. The fourth-order valence-electron chi connectivity index (χ4n) is 1.85. The quantitative estimate of drug-likeness (QED) is 0.692. The first-order chi connectivity index (χ1) is 8.18. The van der Waals surface area contributed by atoms with Crippen LogP contribution in [-0.2, 0) is 0 Å². The van der Waals surface area contributed by atoms with Crippen molar-refractivity contribution in [3.8, 4) is 0 Å². The summed E-state index contributed by atoms with van der Waals surface area (Å²) >= 11 is 0. The highest BCUT2D eigenvalue weighted by Crippen LogP contribution is 2.18. The molecule has 2 aromatic heterocycles. The summed E-state index contributed by atoms with van der Waals surface area (Å²) in [6.07, 6.45) is 5.04. The molecule has 0 aromatic carbocycles. The lowest BCUT2D eigenvalue weighted by molar-refractivity contribution is 0.0941. The summed E-state index contributed by atoms with van der Waals surface area (Å²) in [5.41, 5.74) is 9.16. The van der Waals surface area contributed by atoms with Gasteiger partial charge in [0, 0.05) is 18.0 Å². The molecule has 2 N–H and O–H groups in total. The molecule has 0 aliphatic carbocycles. The Kier molecular flexibility index (Phi) is 1.91. The molecule has 2 aromatic rings. The number of hydrazine groups is 1. The molecule has 0 fully saturated rings.